The van der Waals surface area contributed by atoms with Crippen molar-refractivity contribution in [1.29, 1.82) is 0 Å². The number of methoxy groups -OCH3 is 1. The second-order valence-corrected chi connectivity index (χ2v) is 6.69. The van der Waals surface area contributed by atoms with Gasteiger partial charge < -0.3 is 15.2 Å². The Morgan fingerprint density at radius 3 is 2.10 bits per heavy atom. The monoisotopic (exact) mass is 297 g/mol. The van der Waals surface area contributed by atoms with Crippen molar-refractivity contribution in [2.75, 3.05) is 13.7 Å². The summed E-state index contributed by atoms with van der Waals surface area (Å²) in [6.45, 7) is 0.498. The fourth-order valence-electron chi connectivity index (χ4n) is 3.53. The molecule has 2 fully saturated rings. The molecule has 0 spiro atoms. The van der Waals surface area contributed by atoms with Gasteiger partial charge in [-0.2, -0.15) is 0 Å². The summed E-state index contributed by atoms with van der Waals surface area (Å²) < 4.78 is 5.48. The first-order valence-electron chi connectivity index (χ1n) is 8.07. The molecule has 2 aliphatic rings. The Hall–Kier alpha value is -1.10. The molecule has 0 aliphatic heterocycles. The molecule has 0 bridgehead atoms. The van der Waals surface area contributed by atoms with Crippen molar-refractivity contribution in [1.82, 2.24) is 5.32 Å². The molecule has 5 heteroatoms. The average molecular weight is 297 g/mol. The third kappa shape index (κ3) is 3.76. The molecule has 0 radical (unpaired) electrons. The SMILES string of the molecule is COC1(CNC(=O)CC2(C(=O)O)CCCCCC2)CCC1. The van der Waals surface area contributed by atoms with Gasteiger partial charge in [-0.15, -0.1) is 0 Å². The van der Waals surface area contributed by atoms with E-state index in [4.69, 9.17) is 4.74 Å². The van der Waals surface area contributed by atoms with Crippen LogP contribution in [-0.2, 0) is 14.3 Å². The molecule has 21 heavy (non-hydrogen) atoms. The van der Waals surface area contributed by atoms with Gasteiger partial charge in [-0.25, -0.2) is 0 Å². The number of rotatable bonds is 6. The fourth-order valence-corrected chi connectivity index (χ4v) is 3.53. The molecule has 0 aromatic rings. The highest BCUT2D eigenvalue weighted by Gasteiger charge is 2.42. The minimum absolute atomic E-state index is 0.0993. The van der Waals surface area contributed by atoms with Gasteiger partial charge in [-0.1, -0.05) is 25.7 Å². The van der Waals surface area contributed by atoms with Crippen LogP contribution < -0.4 is 5.32 Å². The van der Waals surface area contributed by atoms with Crippen molar-refractivity contribution < 1.29 is 19.4 Å². The van der Waals surface area contributed by atoms with Gasteiger partial charge in [0.05, 0.1) is 11.0 Å². The number of ether oxygens (including phenoxy) is 1. The minimum atomic E-state index is -0.861. The number of hydrogen-bond acceptors (Lipinski definition) is 3. The first kappa shape index (κ1) is 16.3. The zero-order valence-electron chi connectivity index (χ0n) is 13.0. The predicted molar refractivity (Wildman–Crippen MR) is 79.0 cm³/mol. The molecule has 1 amide bonds. The van der Waals surface area contributed by atoms with Crippen LogP contribution in [0.5, 0.6) is 0 Å². The van der Waals surface area contributed by atoms with Crippen LogP contribution in [0.15, 0.2) is 0 Å². The summed E-state index contributed by atoms with van der Waals surface area (Å²) in [5.41, 5.74) is -1.07. The molecule has 0 aromatic heterocycles. The van der Waals surface area contributed by atoms with E-state index in [1.54, 1.807) is 7.11 Å². The van der Waals surface area contributed by atoms with Gasteiger partial charge in [-0.05, 0) is 32.1 Å². The maximum atomic E-state index is 12.2. The first-order chi connectivity index (χ1) is 10.0. The Bertz CT molecular complexity index is 376. The average Bonchev–Trinajstić information content (AvgIpc) is 2.64. The second-order valence-electron chi connectivity index (χ2n) is 6.69. The maximum Gasteiger partial charge on any atom is 0.310 e. The van der Waals surface area contributed by atoms with Crippen molar-refractivity contribution in [3.63, 3.8) is 0 Å². The summed E-state index contributed by atoms with van der Waals surface area (Å²) in [5.74, 6) is -0.965. The Kier molecular flexibility index (Phi) is 5.25. The zero-order chi connectivity index (χ0) is 15.3. The number of carbonyl (C=O) groups is 2. The van der Waals surface area contributed by atoms with Crippen LogP contribution in [0.1, 0.15) is 64.2 Å². The molecular weight excluding hydrogens is 270 g/mol. The van der Waals surface area contributed by atoms with Gasteiger partial charge in [-0.3, -0.25) is 9.59 Å². The number of amides is 1. The third-order valence-corrected chi connectivity index (χ3v) is 5.32. The molecule has 0 unspecified atom stereocenters. The quantitative estimate of drug-likeness (QED) is 0.739. The van der Waals surface area contributed by atoms with E-state index < -0.39 is 11.4 Å². The minimum Gasteiger partial charge on any atom is -0.481 e. The van der Waals surface area contributed by atoms with E-state index in [0.29, 0.717) is 19.4 Å². The topological polar surface area (TPSA) is 75.6 Å². The summed E-state index contributed by atoms with van der Waals surface area (Å²) in [5, 5.41) is 12.5. The molecule has 0 atom stereocenters. The molecule has 2 N–H and O–H groups in total. The fraction of sp³-hybridized carbons (Fsp3) is 0.875. The van der Waals surface area contributed by atoms with Gasteiger partial charge in [0.25, 0.3) is 0 Å². The van der Waals surface area contributed by atoms with Gasteiger partial charge in [0.15, 0.2) is 0 Å². The molecule has 0 aromatic carbocycles. The van der Waals surface area contributed by atoms with Crippen molar-refractivity contribution in [3.8, 4) is 0 Å². The Morgan fingerprint density at radius 1 is 1.05 bits per heavy atom. The summed E-state index contributed by atoms with van der Waals surface area (Å²) in [6.07, 6.45) is 8.35. The van der Waals surface area contributed by atoms with E-state index in [1.165, 1.54) is 0 Å². The van der Waals surface area contributed by atoms with Gasteiger partial charge in [0.2, 0.25) is 5.91 Å². The highest BCUT2D eigenvalue weighted by atomic mass is 16.5. The number of nitrogens with one attached hydrogen (secondary N) is 1. The predicted octanol–water partition coefficient (Wildman–Crippen LogP) is 2.49. The number of carbonyl (C=O) groups excluding carboxylic acids is 1. The number of hydrogen-bond donors (Lipinski definition) is 2. The summed E-state index contributed by atoms with van der Waals surface area (Å²) in [7, 11) is 1.68. The lowest BCUT2D eigenvalue weighted by Gasteiger charge is -2.40. The van der Waals surface area contributed by atoms with Crippen LogP contribution >= 0.6 is 0 Å². The Morgan fingerprint density at radius 2 is 1.67 bits per heavy atom. The van der Waals surface area contributed by atoms with Gasteiger partial charge >= 0.3 is 5.97 Å². The first-order valence-corrected chi connectivity index (χ1v) is 8.07. The summed E-state index contributed by atoms with van der Waals surface area (Å²) >= 11 is 0. The van der Waals surface area contributed by atoms with Gasteiger partial charge in [0, 0.05) is 20.1 Å². The van der Waals surface area contributed by atoms with Crippen molar-refractivity contribution in [2.45, 2.75) is 69.8 Å². The van der Waals surface area contributed by atoms with Crippen LogP contribution in [0, 0.1) is 5.41 Å². The molecule has 2 saturated carbocycles. The van der Waals surface area contributed by atoms with Crippen molar-refractivity contribution in [3.05, 3.63) is 0 Å². The molecule has 5 nitrogen and oxygen atoms in total. The zero-order valence-corrected chi connectivity index (χ0v) is 13.0. The van der Waals surface area contributed by atoms with E-state index in [1.807, 2.05) is 0 Å². The number of aliphatic carboxylic acids is 1. The highest BCUT2D eigenvalue weighted by molar-refractivity contribution is 5.85. The van der Waals surface area contributed by atoms with Crippen LogP contribution in [-0.4, -0.2) is 36.2 Å². The summed E-state index contributed by atoms with van der Waals surface area (Å²) in [4.78, 5) is 23.9. The molecule has 0 heterocycles. The highest BCUT2D eigenvalue weighted by Crippen LogP contribution is 2.39. The van der Waals surface area contributed by atoms with E-state index in [-0.39, 0.29) is 17.9 Å². The van der Waals surface area contributed by atoms with E-state index in [2.05, 4.69) is 5.32 Å². The van der Waals surface area contributed by atoms with Crippen LogP contribution in [0.4, 0.5) is 0 Å². The van der Waals surface area contributed by atoms with Gasteiger partial charge in [0.1, 0.15) is 0 Å². The second kappa shape index (κ2) is 6.77. The Balaban J connectivity index is 1.90. The molecule has 120 valence electrons. The number of carboxylic acids is 1. The van der Waals surface area contributed by atoms with Crippen LogP contribution in [0.25, 0.3) is 0 Å². The number of carboxylic acid groups (broad SMARTS) is 1. The molecule has 2 aliphatic carbocycles. The lowest BCUT2D eigenvalue weighted by Crippen LogP contribution is -2.50. The smallest absolute Gasteiger partial charge is 0.310 e. The van der Waals surface area contributed by atoms with E-state index in [9.17, 15) is 14.7 Å². The largest absolute Gasteiger partial charge is 0.481 e. The molecular formula is C16H27NO4. The normalized spacial score (nSPS) is 23.7. The lowest BCUT2D eigenvalue weighted by molar-refractivity contribution is -0.153. The molecule has 0 saturated heterocycles. The third-order valence-electron chi connectivity index (χ3n) is 5.32. The van der Waals surface area contributed by atoms with Crippen molar-refractivity contribution in [2.24, 2.45) is 5.41 Å². The Labute approximate surface area is 126 Å². The van der Waals surface area contributed by atoms with E-state index >= 15 is 0 Å². The standard InChI is InChI=1S/C16H27NO4/c1-21-16(9-6-10-16)12-17-13(18)11-15(14(19)20)7-4-2-3-5-8-15/h2-12H2,1H3,(H,17,18)(H,19,20). The lowest BCUT2D eigenvalue weighted by atomic mass is 9.76. The maximum absolute atomic E-state index is 12.2. The van der Waals surface area contributed by atoms with Crippen LogP contribution in [0.2, 0.25) is 0 Å². The molecule has 2 rings (SSSR count). The van der Waals surface area contributed by atoms with Crippen LogP contribution in [0.3, 0.4) is 0 Å². The van der Waals surface area contributed by atoms with E-state index in [0.717, 1.165) is 44.9 Å². The summed E-state index contributed by atoms with van der Waals surface area (Å²) in [6, 6.07) is 0. The van der Waals surface area contributed by atoms with Crippen molar-refractivity contribution >= 4 is 11.9 Å².